The molecule has 0 fully saturated rings. The van der Waals surface area contributed by atoms with Crippen molar-refractivity contribution >= 4 is 98.7 Å². The number of alkyl halides is 2. The highest BCUT2D eigenvalue weighted by atomic mass is 79.9. The van der Waals surface area contributed by atoms with E-state index in [0.717, 1.165) is 29.0 Å². The summed E-state index contributed by atoms with van der Waals surface area (Å²) in [6, 6.07) is 11.8. The number of thioether (sulfide) groups is 1. The van der Waals surface area contributed by atoms with Gasteiger partial charge in [-0.05, 0) is 24.3 Å². The van der Waals surface area contributed by atoms with Gasteiger partial charge < -0.3 is 0 Å². The fraction of sp³-hybridized carbons (Fsp3) is 0.143. The zero-order valence-electron chi connectivity index (χ0n) is 10.3. The molecule has 0 aromatic heterocycles. The molecular weight excluding hydrogens is 591 g/mol. The van der Waals surface area contributed by atoms with Gasteiger partial charge in [-0.2, -0.15) is 0 Å². The van der Waals surface area contributed by atoms with Crippen LogP contribution in [0, 0.1) is 0 Å². The Bertz CT molecular complexity index is 555. The fourth-order valence-electron chi connectivity index (χ4n) is 1.70. The molecule has 0 aliphatic heterocycles. The second-order valence-electron chi connectivity index (χ2n) is 4.04. The summed E-state index contributed by atoms with van der Waals surface area (Å²) >= 11 is 28.7. The van der Waals surface area contributed by atoms with Crippen molar-refractivity contribution < 1.29 is 0 Å². The van der Waals surface area contributed by atoms with Crippen molar-refractivity contribution in [1.29, 1.82) is 0 Å². The highest BCUT2D eigenvalue weighted by Gasteiger charge is 2.23. The molecule has 7 heteroatoms. The Hall–Kier alpha value is 1.29. The third-order valence-corrected chi connectivity index (χ3v) is 7.46. The van der Waals surface area contributed by atoms with Gasteiger partial charge in [0.2, 0.25) is 0 Å². The molecule has 0 aliphatic carbocycles. The molecule has 0 saturated heterocycles. The molecule has 2 aromatic carbocycles. The molecule has 0 saturated carbocycles. The SMILES string of the molecule is ClC(SC(Cl)c1c(Br)cccc1Br)c1c(Br)cccc1Br. The van der Waals surface area contributed by atoms with Crippen molar-refractivity contribution in [3.63, 3.8) is 0 Å². The van der Waals surface area contributed by atoms with Gasteiger partial charge in [0.05, 0.1) is 0 Å². The van der Waals surface area contributed by atoms with Crippen LogP contribution >= 0.6 is 98.7 Å². The quantitative estimate of drug-likeness (QED) is 0.318. The van der Waals surface area contributed by atoms with Crippen molar-refractivity contribution in [3.05, 3.63) is 65.4 Å². The van der Waals surface area contributed by atoms with Gasteiger partial charge in [-0.3, -0.25) is 0 Å². The maximum absolute atomic E-state index is 6.55. The Morgan fingerprint density at radius 1 is 0.667 bits per heavy atom. The number of rotatable bonds is 4. The summed E-state index contributed by atoms with van der Waals surface area (Å²) in [5, 5.41) is 0. The van der Waals surface area contributed by atoms with E-state index in [-0.39, 0.29) is 9.42 Å². The second-order valence-corrected chi connectivity index (χ2v) is 10.1. The topological polar surface area (TPSA) is 0 Å². The molecule has 2 unspecified atom stereocenters. The van der Waals surface area contributed by atoms with E-state index in [4.69, 9.17) is 23.2 Å². The monoisotopic (exact) mass is 594 g/mol. The first-order valence-corrected chi connectivity index (χ1v) is 10.7. The highest BCUT2D eigenvalue weighted by molar-refractivity contribution is 9.11. The van der Waals surface area contributed by atoms with Crippen LogP contribution in [0.15, 0.2) is 54.3 Å². The maximum Gasteiger partial charge on any atom is 0.108 e. The zero-order valence-corrected chi connectivity index (χ0v) is 19.0. The molecule has 0 bridgehead atoms. The van der Waals surface area contributed by atoms with Crippen LogP contribution in [0.1, 0.15) is 20.5 Å². The van der Waals surface area contributed by atoms with Gasteiger partial charge in [-0.15, -0.1) is 35.0 Å². The van der Waals surface area contributed by atoms with E-state index in [0.29, 0.717) is 0 Å². The smallest absolute Gasteiger partial charge is 0.108 e. The lowest BCUT2D eigenvalue weighted by Crippen LogP contribution is -1.95. The molecule has 0 nitrogen and oxygen atoms in total. The predicted octanol–water partition coefficient (Wildman–Crippen LogP) is 8.64. The van der Waals surface area contributed by atoms with Gasteiger partial charge >= 0.3 is 0 Å². The Labute approximate surface area is 171 Å². The van der Waals surface area contributed by atoms with E-state index in [1.54, 1.807) is 0 Å². The van der Waals surface area contributed by atoms with E-state index in [1.807, 2.05) is 36.4 Å². The lowest BCUT2D eigenvalue weighted by atomic mass is 10.2. The lowest BCUT2D eigenvalue weighted by molar-refractivity contribution is 1.26. The van der Waals surface area contributed by atoms with E-state index >= 15 is 0 Å². The fourth-order valence-corrected chi connectivity index (χ4v) is 7.98. The molecule has 0 N–H and O–H groups in total. The summed E-state index contributed by atoms with van der Waals surface area (Å²) in [6.45, 7) is 0. The lowest BCUT2D eigenvalue weighted by Gasteiger charge is -2.19. The van der Waals surface area contributed by atoms with Crippen molar-refractivity contribution in [1.82, 2.24) is 0 Å². The highest BCUT2D eigenvalue weighted by Crippen LogP contribution is 2.51. The van der Waals surface area contributed by atoms with Crippen LogP contribution in [-0.4, -0.2) is 0 Å². The summed E-state index contributed by atoms with van der Waals surface area (Å²) in [4.78, 5) is 0. The first kappa shape index (κ1) is 18.6. The minimum Gasteiger partial charge on any atom is -0.113 e. The van der Waals surface area contributed by atoms with Crippen LogP contribution in [0.5, 0.6) is 0 Å². The van der Waals surface area contributed by atoms with Crippen LogP contribution < -0.4 is 0 Å². The predicted molar refractivity (Wildman–Crippen MR) is 108 cm³/mol. The first-order chi connectivity index (χ1) is 9.91. The molecule has 0 radical (unpaired) electrons. The molecular formula is C14H8Br4Cl2S. The summed E-state index contributed by atoms with van der Waals surface area (Å²) in [5.41, 5.74) is 1.97. The van der Waals surface area contributed by atoms with E-state index in [2.05, 4.69) is 63.7 Å². The minimum atomic E-state index is -0.281. The summed E-state index contributed by atoms with van der Waals surface area (Å²) in [6.07, 6.45) is 0. The minimum absolute atomic E-state index is 0.281. The number of benzene rings is 2. The van der Waals surface area contributed by atoms with Crippen LogP contribution in [0.25, 0.3) is 0 Å². The van der Waals surface area contributed by atoms with Crippen LogP contribution in [0.3, 0.4) is 0 Å². The van der Waals surface area contributed by atoms with Gasteiger partial charge in [-0.25, -0.2) is 0 Å². The summed E-state index contributed by atoms with van der Waals surface area (Å²) in [5.74, 6) is 0. The van der Waals surface area contributed by atoms with Crippen LogP contribution in [0.4, 0.5) is 0 Å². The average molecular weight is 599 g/mol. The number of hydrogen-bond donors (Lipinski definition) is 0. The Morgan fingerprint density at radius 2 is 0.952 bits per heavy atom. The van der Waals surface area contributed by atoms with E-state index < -0.39 is 0 Å². The summed E-state index contributed by atoms with van der Waals surface area (Å²) in [7, 11) is 0. The van der Waals surface area contributed by atoms with Gasteiger partial charge in [0, 0.05) is 29.0 Å². The Morgan fingerprint density at radius 3 is 1.24 bits per heavy atom. The van der Waals surface area contributed by atoms with Crippen LogP contribution in [0.2, 0.25) is 0 Å². The number of halogens is 6. The van der Waals surface area contributed by atoms with Crippen molar-refractivity contribution in [2.24, 2.45) is 0 Å². The van der Waals surface area contributed by atoms with Crippen LogP contribution in [-0.2, 0) is 0 Å². The molecule has 2 atom stereocenters. The van der Waals surface area contributed by atoms with Crippen molar-refractivity contribution in [2.45, 2.75) is 9.42 Å². The molecule has 0 aliphatic rings. The van der Waals surface area contributed by atoms with E-state index in [1.165, 1.54) is 11.8 Å². The molecule has 0 amide bonds. The third kappa shape index (κ3) is 4.65. The Balaban J connectivity index is 2.25. The van der Waals surface area contributed by atoms with Gasteiger partial charge in [0.25, 0.3) is 0 Å². The van der Waals surface area contributed by atoms with Crippen molar-refractivity contribution in [2.75, 3.05) is 0 Å². The first-order valence-electron chi connectivity index (χ1n) is 5.73. The largest absolute Gasteiger partial charge is 0.113 e. The molecule has 2 aromatic rings. The molecule has 2 rings (SSSR count). The normalized spacial score (nSPS) is 14.0. The van der Waals surface area contributed by atoms with Crippen molar-refractivity contribution in [3.8, 4) is 0 Å². The summed E-state index contributed by atoms with van der Waals surface area (Å²) < 4.78 is 3.27. The third-order valence-electron chi connectivity index (χ3n) is 2.69. The molecule has 0 spiro atoms. The zero-order chi connectivity index (χ0) is 15.6. The van der Waals surface area contributed by atoms with E-state index in [9.17, 15) is 0 Å². The van der Waals surface area contributed by atoms with Gasteiger partial charge in [0.1, 0.15) is 9.42 Å². The molecule has 21 heavy (non-hydrogen) atoms. The Kier molecular flexibility index (Phi) is 7.46. The average Bonchev–Trinajstić information content (AvgIpc) is 2.38. The molecule has 112 valence electrons. The number of hydrogen-bond acceptors (Lipinski definition) is 1. The molecule has 0 heterocycles. The van der Waals surface area contributed by atoms with Gasteiger partial charge in [0.15, 0.2) is 0 Å². The standard InChI is InChI=1S/C14H8Br4Cl2S/c15-7-3-1-4-8(16)11(7)13(19)21-14(20)12-9(17)5-2-6-10(12)18/h1-6,13-14H. The maximum atomic E-state index is 6.55. The second kappa shape index (κ2) is 8.41. The van der Waals surface area contributed by atoms with Gasteiger partial charge in [-0.1, -0.05) is 75.9 Å².